The monoisotopic (exact) mass is 267 g/mol. The maximum atomic E-state index is 11.6. The van der Waals surface area contributed by atoms with E-state index >= 15 is 0 Å². The molecule has 18 heavy (non-hydrogen) atoms. The minimum absolute atomic E-state index is 0.0239. The molecule has 0 aromatic heterocycles. The molecule has 1 rings (SSSR count). The highest BCUT2D eigenvalue weighted by Crippen LogP contribution is 2.28. The summed E-state index contributed by atoms with van der Waals surface area (Å²) < 4.78 is 0. The fourth-order valence-corrected chi connectivity index (χ4v) is 2.53. The maximum Gasteiger partial charge on any atom is 0.230 e. The van der Waals surface area contributed by atoms with Gasteiger partial charge in [0.25, 0.3) is 0 Å². The molecule has 2 N–H and O–H groups in total. The Morgan fingerprint density at radius 1 is 1.39 bits per heavy atom. The van der Waals surface area contributed by atoms with Gasteiger partial charge in [-0.1, -0.05) is 25.1 Å². The van der Waals surface area contributed by atoms with E-state index in [1.54, 1.807) is 0 Å². The minimum Gasteiger partial charge on any atom is -0.388 e. The highest BCUT2D eigenvalue weighted by molar-refractivity contribution is 8.00. The fraction of sp³-hybridized carbons (Fsp3) is 0.500. The van der Waals surface area contributed by atoms with Crippen molar-refractivity contribution in [2.75, 3.05) is 5.75 Å². The van der Waals surface area contributed by atoms with Crippen molar-refractivity contribution in [1.82, 2.24) is 5.32 Å². The van der Waals surface area contributed by atoms with E-state index in [1.807, 2.05) is 45.0 Å². The Balaban J connectivity index is 2.64. The molecule has 1 aromatic rings. The van der Waals surface area contributed by atoms with Crippen molar-refractivity contribution in [3.05, 3.63) is 29.8 Å². The molecule has 0 heterocycles. The number of nitrogens with one attached hydrogen (secondary N) is 1. The zero-order valence-electron chi connectivity index (χ0n) is 11.1. The summed E-state index contributed by atoms with van der Waals surface area (Å²) in [6.45, 7) is 5.83. The molecule has 0 fully saturated rings. The van der Waals surface area contributed by atoms with Crippen LogP contribution in [0.3, 0.4) is 0 Å². The summed E-state index contributed by atoms with van der Waals surface area (Å²) in [5.74, 6) is 0.404. The molecular weight excluding hydrogens is 246 g/mol. The third-order valence-electron chi connectivity index (χ3n) is 2.47. The van der Waals surface area contributed by atoms with E-state index in [2.05, 4.69) is 5.32 Å². The van der Waals surface area contributed by atoms with E-state index in [4.69, 9.17) is 0 Å². The van der Waals surface area contributed by atoms with Gasteiger partial charge in [0.1, 0.15) is 0 Å². The van der Waals surface area contributed by atoms with Crippen LogP contribution in [0.1, 0.15) is 38.9 Å². The Hall–Kier alpha value is -1.00. The van der Waals surface area contributed by atoms with Crippen molar-refractivity contribution in [1.29, 1.82) is 0 Å². The number of hydrogen-bond acceptors (Lipinski definition) is 3. The molecule has 100 valence electrons. The fourth-order valence-electron chi connectivity index (χ4n) is 1.61. The second-order valence-corrected chi connectivity index (χ2v) is 5.49. The number of carbonyl (C=O) groups excluding carboxylic acids is 1. The molecule has 0 spiro atoms. The Morgan fingerprint density at radius 2 is 2.06 bits per heavy atom. The smallest absolute Gasteiger partial charge is 0.230 e. The van der Waals surface area contributed by atoms with Gasteiger partial charge in [-0.05, 0) is 31.9 Å². The number of carbonyl (C=O) groups is 1. The van der Waals surface area contributed by atoms with E-state index in [1.165, 1.54) is 11.8 Å². The van der Waals surface area contributed by atoms with E-state index in [9.17, 15) is 9.90 Å². The van der Waals surface area contributed by atoms with Gasteiger partial charge in [-0.3, -0.25) is 4.79 Å². The highest BCUT2D eigenvalue weighted by Gasteiger charge is 2.12. The zero-order chi connectivity index (χ0) is 13.5. The van der Waals surface area contributed by atoms with Gasteiger partial charge in [0, 0.05) is 10.9 Å². The molecule has 0 aliphatic carbocycles. The Morgan fingerprint density at radius 3 is 2.67 bits per heavy atom. The first-order valence-electron chi connectivity index (χ1n) is 6.23. The first-order valence-corrected chi connectivity index (χ1v) is 7.22. The van der Waals surface area contributed by atoms with Crippen LogP contribution < -0.4 is 5.32 Å². The van der Waals surface area contributed by atoms with Gasteiger partial charge < -0.3 is 10.4 Å². The van der Waals surface area contributed by atoms with Gasteiger partial charge in [0.2, 0.25) is 5.91 Å². The molecule has 4 heteroatoms. The van der Waals surface area contributed by atoms with E-state index in [-0.39, 0.29) is 11.9 Å². The molecule has 0 saturated carbocycles. The molecule has 1 amide bonds. The third kappa shape index (κ3) is 4.70. The molecule has 1 aromatic carbocycles. The number of amides is 1. The lowest BCUT2D eigenvalue weighted by atomic mass is 10.1. The normalized spacial score (nSPS) is 12.5. The maximum absolute atomic E-state index is 11.6. The molecule has 0 saturated heterocycles. The second-order valence-electron chi connectivity index (χ2n) is 4.47. The standard InChI is InChI=1S/C14H21NO2S/c1-4-12(16)11-7-5-6-8-13(11)18-9-14(17)15-10(2)3/h5-8,10,12,16H,4,9H2,1-3H3,(H,15,17)/t12-/m1/s1. The van der Waals surface area contributed by atoms with Crippen molar-refractivity contribution < 1.29 is 9.90 Å². The summed E-state index contributed by atoms with van der Waals surface area (Å²) in [5, 5.41) is 12.8. The number of hydrogen-bond donors (Lipinski definition) is 2. The predicted octanol–water partition coefficient (Wildman–Crippen LogP) is 2.75. The molecule has 0 aliphatic heterocycles. The van der Waals surface area contributed by atoms with Gasteiger partial charge in [0.15, 0.2) is 0 Å². The van der Waals surface area contributed by atoms with Crippen molar-refractivity contribution in [3.8, 4) is 0 Å². The van der Waals surface area contributed by atoms with Crippen LogP contribution in [-0.4, -0.2) is 22.8 Å². The SMILES string of the molecule is CC[C@@H](O)c1ccccc1SCC(=O)NC(C)C. The average molecular weight is 267 g/mol. The lowest BCUT2D eigenvalue weighted by Crippen LogP contribution is -2.31. The first kappa shape index (κ1) is 15.1. The summed E-state index contributed by atoms with van der Waals surface area (Å²) in [6.07, 6.45) is 0.220. The van der Waals surface area contributed by atoms with E-state index in [0.29, 0.717) is 12.2 Å². The largest absolute Gasteiger partial charge is 0.388 e. The Labute approximate surface area is 113 Å². The average Bonchev–Trinajstić information content (AvgIpc) is 2.35. The first-order chi connectivity index (χ1) is 8.54. The molecule has 0 radical (unpaired) electrons. The number of thioether (sulfide) groups is 1. The van der Waals surface area contributed by atoms with E-state index < -0.39 is 6.10 Å². The van der Waals surface area contributed by atoms with Crippen LogP contribution in [0.2, 0.25) is 0 Å². The van der Waals surface area contributed by atoms with Crippen molar-refractivity contribution >= 4 is 17.7 Å². The number of aliphatic hydroxyl groups is 1. The summed E-state index contributed by atoms with van der Waals surface area (Å²) in [4.78, 5) is 12.6. The minimum atomic E-state index is -0.457. The Kier molecular flexibility index (Phi) is 6.22. The summed E-state index contributed by atoms with van der Waals surface area (Å²) in [6, 6.07) is 7.86. The summed E-state index contributed by atoms with van der Waals surface area (Å²) >= 11 is 1.47. The lowest BCUT2D eigenvalue weighted by molar-refractivity contribution is -0.119. The number of rotatable bonds is 6. The van der Waals surface area contributed by atoms with Crippen LogP contribution in [0.15, 0.2) is 29.2 Å². The zero-order valence-corrected chi connectivity index (χ0v) is 12.0. The van der Waals surface area contributed by atoms with Crippen LogP contribution in [-0.2, 0) is 4.79 Å². The highest BCUT2D eigenvalue weighted by atomic mass is 32.2. The third-order valence-corrected chi connectivity index (χ3v) is 3.56. The molecule has 3 nitrogen and oxygen atoms in total. The topological polar surface area (TPSA) is 49.3 Å². The van der Waals surface area contributed by atoms with Crippen LogP contribution in [0.4, 0.5) is 0 Å². The van der Waals surface area contributed by atoms with Crippen molar-refractivity contribution in [2.45, 2.75) is 44.2 Å². The van der Waals surface area contributed by atoms with Crippen LogP contribution in [0, 0.1) is 0 Å². The van der Waals surface area contributed by atoms with Crippen LogP contribution in [0.5, 0.6) is 0 Å². The second kappa shape index (κ2) is 7.44. The summed E-state index contributed by atoms with van der Waals surface area (Å²) in [5.41, 5.74) is 0.905. The van der Waals surface area contributed by atoms with Crippen molar-refractivity contribution in [3.63, 3.8) is 0 Å². The molecule has 0 bridgehead atoms. The quantitative estimate of drug-likeness (QED) is 0.779. The predicted molar refractivity (Wildman–Crippen MR) is 75.7 cm³/mol. The summed E-state index contributed by atoms with van der Waals surface area (Å²) in [7, 11) is 0. The van der Waals surface area contributed by atoms with E-state index in [0.717, 1.165) is 10.5 Å². The number of benzene rings is 1. The molecule has 1 atom stereocenters. The molecular formula is C14H21NO2S. The molecule has 0 aliphatic rings. The van der Waals surface area contributed by atoms with Crippen molar-refractivity contribution in [2.24, 2.45) is 0 Å². The van der Waals surface area contributed by atoms with Gasteiger partial charge in [-0.2, -0.15) is 0 Å². The lowest BCUT2D eigenvalue weighted by Gasteiger charge is -2.14. The van der Waals surface area contributed by atoms with Crippen LogP contribution >= 0.6 is 11.8 Å². The number of aliphatic hydroxyl groups excluding tert-OH is 1. The van der Waals surface area contributed by atoms with Gasteiger partial charge in [-0.15, -0.1) is 11.8 Å². The van der Waals surface area contributed by atoms with Gasteiger partial charge >= 0.3 is 0 Å². The molecule has 0 unspecified atom stereocenters. The van der Waals surface area contributed by atoms with Gasteiger partial charge in [-0.25, -0.2) is 0 Å². The van der Waals surface area contributed by atoms with Crippen LogP contribution in [0.25, 0.3) is 0 Å². The van der Waals surface area contributed by atoms with Gasteiger partial charge in [0.05, 0.1) is 11.9 Å². The Bertz CT molecular complexity index is 393.